The van der Waals surface area contributed by atoms with Crippen molar-refractivity contribution < 1.29 is 14.7 Å². The van der Waals surface area contributed by atoms with Crippen molar-refractivity contribution in [2.75, 3.05) is 5.01 Å². The minimum Gasteiger partial charge on any atom is -0.478 e. The Morgan fingerprint density at radius 2 is 2.06 bits per heavy atom. The number of nitrogens with zero attached hydrogens (tertiary/aromatic N) is 1. The quantitative estimate of drug-likeness (QED) is 0.802. The molecule has 0 radical (unpaired) electrons. The van der Waals surface area contributed by atoms with Gasteiger partial charge < -0.3 is 5.11 Å². The summed E-state index contributed by atoms with van der Waals surface area (Å²) < 4.78 is 0. The lowest BCUT2D eigenvalue weighted by atomic mass is 10.1. The third kappa shape index (κ3) is 1.59. The van der Waals surface area contributed by atoms with Crippen molar-refractivity contribution >= 4 is 17.6 Å². The Bertz CT molecular complexity index is 508. The number of hydrogen-bond acceptors (Lipinski definition) is 3. The minimum atomic E-state index is -1.02. The summed E-state index contributed by atoms with van der Waals surface area (Å²) in [7, 11) is 0. The first-order valence-corrected chi connectivity index (χ1v) is 5.54. The van der Waals surface area contributed by atoms with Crippen molar-refractivity contribution in [3.8, 4) is 0 Å². The highest BCUT2D eigenvalue weighted by atomic mass is 16.4. The SMILES string of the molecule is O=C(O)c1ccccc1N1NC2(CC2)CC1=O. The van der Waals surface area contributed by atoms with Gasteiger partial charge in [0.2, 0.25) is 5.91 Å². The van der Waals surface area contributed by atoms with E-state index in [0.717, 1.165) is 12.8 Å². The molecule has 2 aliphatic rings. The largest absolute Gasteiger partial charge is 0.478 e. The van der Waals surface area contributed by atoms with Gasteiger partial charge in [-0.3, -0.25) is 4.79 Å². The van der Waals surface area contributed by atoms with Gasteiger partial charge >= 0.3 is 5.97 Å². The first kappa shape index (κ1) is 10.3. The van der Waals surface area contributed by atoms with Crippen molar-refractivity contribution in [2.24, 2.45) is 0 Å². The second-order valence-corrected chi connectivity index (χ2v) is 4.62. The second-order valence-electron chi connectivity index (χ2n) is 4.62. The molecule has 0 atom stereocenters. The molecule has 1 spiro atoms. The number of carboxylic acid groups (broad SMARTS) is 1. The molecule has 1 aliphatic carbocycles. The van der Waals surface area contributed by atoms with Crippen LogP contribution < -0.4 is 10.4 Å². The first-order valence-electron chi connectivity index (χ1n) is 5.54. The number of para-hydroxylation sites is 1. The number of amides is 1. The molecule has 0 bridgehead atoms. The van der Waals surface area contributed by atoms with Crippen LogP contribution in [-0.2, 0) is 4.79 Å². The summed E-state index contributed by atoms with van der Waals surface area (Å²) in [5, 5.41) is 10.5. The van der Waals surface area contributed by atoms with Crippen molar-refractivity contribution in [1.29, 1.82) is 0 Å². The topological polar surface area (TPSA) is 69.6 Å². The van der Waals surface area contributed by atoms with Crippen LogP contribution in [0.3, 0.4) is 0 Å². The molecule has 1 aromatic rings. The molecule has 17 heavy (non-hydrogen) atoms. The molecule has 1 aromatic carbocycles. The Kier molecular flexibility index (Phi) is 2.00. The molecular weight excluding hydrogens is 220 g/mol. The third-order valence-electron chi connectivity index (χ3n) is 3.32. The second kappa shape index (κ2) is 3.30. The Hall–Kier alpha value is -1.88. The Balaban J connectivity index is 1.99. The standard InChI is InChI=1S/C12H12N2O3/c15-10-7-12(5-6-12)13-14(10)9-4-2-1-3-8(9)11(16)17/h1-4,13H,5-7H2,(H,16,17). The Labute approximate surface area is 98.0 Å². The van der Waals surface area contributed by atoms with E-state index in [1.807, 2.05) is 0 Å². The van der Waals surface area contributed by atoms with E-state index in [0.29, 0.717) is 12.1 Å². The monoisotopic (exact) mass is 232 g/mol. The van der Waals surface area contributed by atoms with Crippen molar-refractivity contribution in [1.82, 2.24) is 5.43 Å². The molecule has 3 rings (SSSR count). The van der Waals surface area contributed by atoms with E-state index in [-0.39, 0.29) is 17.0 Å². The molecule has 5 nitrogen and oxygen atoms in total. The molecule has 1 saturated heterocycles. The summed E-state index contributed by atoms with van der Waals surface area (Å²) >= 11 is 0. The maximum absolute atomic E-state index is 11.9. The zero-order valence-corrected chi connectivity index (χ0v) is 9.14. The molecule has 1 heterocycles. The van der Waals surface area contributed by atoms with Gasteiger partial charge in [0, 0.05) is 12.0 Å². The number of carbonyl (C=O) groups excluding carboxylic acids is 1. The van der Waals surface area contributed by atoms with E-state index >= 15 is 0 Å². The summed E-state index contributed by atoms with van der Waals surface area (Å²) in [5.41, 5.74) is 3.60. The first-order chi connectivity index (χ1) is 8.11. The fourth-order valence-electron chi connectivity index (χ4n) is 2.19. The Morgan fingerprint density at radius 1 is 1.35 bits per heavy atom. The van der Waals surface area contributed by atoms with Crippen LogP contribution >= 0.6 is 0 Å². The van der Waals surface area contributed by atoms with Crippen molar-refractivity contribution in [3.63, 3.8) is 0 Å². The number of rotatable bonds is 2. The zero-order chi connectivity index (χ0) is 12.0. The van der Waals surface area contributed by atoms with Crippen molar-refractivity contribution in [3.05, 3.63) is 29.8 Å². The van der Waals surface area contributed by atoms with Gasteiger partial charge in [-0.05, 0) is 25.0 Å². The van der Waals surface area contributed by atoms with Crippen LogP contribution in [0.4, 0.5) is 5.69 Å². The molecule has 2 N–H and O–H groups in total. The molecule has 5 heteroatoms. The number of carbonyl (C=O) groups is 2. The number of aromatic carboxylic acids is 1. The van der Waals surface area contributed by atoms with E-state index in [2.05, 4.69) is 5.43 Å². The van der Waals surface area contributed by atoms with Crippen LogP contribution in [0.1, 0.15) is 29.6 Å². The van der Waals surface area contributed by atoms with Gasteiger partial charge in [0.1, 0.15) is 0 Å². The summed E-state index contributed by atoms with van der Waals surface area (Å²) in [6.07, 6.45) is 2.41. The summed E-state index contributed by atoms with van der Waals surface area (Å²) in [6.45, 7) is 0. The average Bonchev–Trinajstić information content (AvgIpc) is 2.96. The number of benzene rings is 1. The van der Waals surface area contributed by atoms with Crippen LogP contribution in [0.25, 0.3) is 0 Å². The molecule has 0 aromatic heterocycles. The van der Waals surface area contributed by atoms with E-state index < -0.39 is 5.97 Å². The highest BCUT2D eigenvalue weighted by Gasteiger charge is 2.52. The maximum atomic E-state index is 11.9. The van der Waals surface area contributed by atoms with Crippen LogP contribution in [0.15, 0.2) is 24.3 Å². The van der Waals surface area contributed by atoms with Gasteiger partial charge in [-0.25, -0.2) is 15.2 Å². The normalized spacial score (nSPS) is 20.9. The van der Waals surface area contributed by atoms with Gasteiger partial charge in [-0.15, -0.1) is 0 Å². The third-order valence-corrected chi connectivity index (χ3v) is 3.32. The summed E-state index contributed by atoms with van der Waals surface area (Å²) in [5.74, 6) is -1.08. The number of carboxylic acids is 1. The maximum Gasteiger partial charge on any atom is 0.337 e. The van der Waals surface area contributed by atoms with Crippen molar-refractivity contribution in [2.45, 2.75) is 24.8 Å². The predicted octanol–water partition coefficient (Wildman–Crippen LogP) is 1.16. The molecule has 0 unspecified atom stereocenters. The number of anilines is 1. The number of hydrazine groups is 1. The zero-order valence-electron chi connectivity index (χ0n) is 9.14. The molecule has 2 fully saturated rings. The molecule has 88 valence electrons. The summed E-state index contributed by atoms with van der Waals surface area (Å²) in [6, 6.07) is 6.54. The van der Waals surface area contributed by atoms with Gasteiger partial charge in [-0.2, -0.15) is 0 Å². The number of hydrogen-bond donors (Lipinski definition) is 2. The van der Waals surface area contributed by atoms with Gasteiger partial charge in [0.25, 0.3) is 0 Å². The van der Waals surface area contributed by atoms with Gasteiger partial charge in [0.15, 0.2) is 0 Å². The fraction of sp³-hybridized carbons (Fsp3) is 0.333. The van der Waals surface area contributed by atoms with E-state index in [4.69, 9.17) is 5.11 Å². The van der Waals surface area contributed by atoms with Crippen LogP contribution in [0.5, 0.6) is 0 Å². The lowest BCUT2D eigenvalue weighted by Gasteiger charge is -2.19. The minimum absolute atomic E-state index is 0.0591. The lowest BCUT2D eigenvalue weighted by molar-refractivity contribution is -0.117. The molecular formula is C12H12N2O3. The Morgan fingerprint density at radius 3 is 2.65 bits per heavy atom. The van der Waals surface area contributed by atoms with Crippen LogP contribution in [0.2, 0.25) is 0 Å². The average molecular weight is 232 g/mol. The van der Waals surface area contributed by atoms with Gasteiger partial charge in [-0.1, -0.05) is 12.1 Å². The van der Waals surface area contributed by atoms with E-state index in [1.165, 1.54) is 11.1 Å². The number of nitrogens with one attached hydrogen (secondary N) is 1. The molecule has 1 saturated carbocycles. The van der Waals surface area contributed by atoms with Gasteiger partial charge in [0.05, 0.1) is 11.3 Å². The van der Waals surface area contributed by atoms with Crippen LogP contribution in [0, 0.1) is 0 Å². The fourth-order valence-corrected chi connectivity index (χ4v) is 2.19. The smallest absolute Gasteiger partial charge is 0.337 e. The lowest BCUT2D eigenvalue weighted by Crippen LogP contribution is -2.39. The molecule has 1 amide bonds. The highest BCUT2D eigenvalue weighted by Crippen LogP contribution is 2.44. The highest BCUT2D eigenvalue weighted by molar-refractivity contribution is 6.03. The van der Waals surface area contributed by atoms with Crippen LogP contribution in [-0.4, -0.2) is 22.5 Å². The van der Waals surface area contributed by atoms with E-state index in [9.17, 15) is 9.59 Å². The predicted molar refractivity (Wildman–Crippen MR) is 60.6 cm³/mol. The summed E-state index contributed by atoms with van der Waals surface area (Å²) in [4.78, 5) is 23.0. The molecule has 1 aliphatic heterocycles. The van der Waals surface area contributed by atoms with E-state index in [1.54, 1.807) is 18.2 Å².